The SMILES string of the molecule is O=C(CC12CC3CC(CC(Br)(C3)C1)C2)NCCCS(=O)(=O)c1ccccc1. The summed E-state index contributed by atoms with van der Waals surface area (Å²) in [5, 5.41) is 2.98. The van der Waals surface area contributed by atoms with E-state index in [1.54, 1.807) is 30.3 Å². The van der Waals surface area contributed by atoms with E-state index < -0.39 is 9.84 Å². The van der Waals surface area contributed by atoms with Gasteiger partial charge in [-0.1, -0.05) is 34.1 Å². The number of hydrogen-bond donors (Lipinski definition) is 1. The second kappa shape index (κ2) is 7.18. The van der Waals surface area contributed by atoms with Gasteiger partial charge in [-0.05, 0) is 74.3 Å². The van der Waals surface area contributed by atoms with Crippen LogP contribution in [0.3, 0.4) is 0 Å². The van der Waals surface area contributed by atoms with E-state index in [1.165, 1.54) is 32.1 Å². The van der Waals surface area contributed by atoms with Gasteiger partial charge in [0.2, 0.25) is 5.91 Å². The lowest BCUT2D eigenvalue weighted by Gasteiger charge is -2.60. The molecule has 2 unspecified atom stereocenters. The Morgan fingerprint density at radius 3 is 2.41 bits per heavy atom. The Bertz CT molecular complexity index is 794. The smallest absolute Gasteiger partial charge is 0.220 e. The molecule has 0 aromatic heterocycles. The lowest BCUT2D eigenvalue weighted by atomic mass is 9.48. The predicted molar refractivity (Wildman–Crippen MR) is 110 cm³/mol. The maximum Gasteiger partial charge on any atom is 0.220 e. The van der Waals surface area contributed by atoms with Crippen molar-refractivity contribution in [3.63, 3.8) is 0 Å². The van der Waals surface area contributed by atoms with Gasteiger partial charge in [0.25, 0.3) is 0 Å². The van der Waals surface area contributed by atoms with Gasteiger partial charge in [-0.3, -0.25) is 4.79 Å². The number of sulfone groups is 1. The zero-order valence-corrected chi connectivity index (χ0v) is 18.0. The highest BCUT2D eigenvalue weighted by atomic mass is 79.9. The van der Waals surface area contributed by atoms with E-state index in [2.05, 4.69) is 21.2 Å². The molecule has 4 fully saturated rings. The summed E-state index contributed by atoms with van der Waals surface area (Å²) >= 11 is 3.99. The van der Waals surface area contributed by atoms with Crippen LogP contribution in [0.2, 0.25) is 0 Å². The summed E-state index contributed by atoms with van der Waals surface area (Å²) in [4.78, 5) is 12.9. The molecule has 1 aromatic carbocycles. The quantitative estimate of drug-likeness (QED) is 0.499. The van der Waals surface area contributed by atoms with Crippen molar-refractivity contribution < 1.29 is 13.2 Å². The number of hydrogen-bond acceptors (Lipinski definition) is 3. The molecule has 0 aliphatic heterocycles. The minimum atomic E-state index is -3.27. The number of amides is 1. The molecule has 0 heterocycles. The maximum absolute atomic E-state index is 12.6. The third-order valence-corrected chi connectivity index (χ3v) is 9.41. The van der Waals surface area contributed by atoms with E-state index in [-0.39, 0.29) is 21.4 Å². The molecule has 5 rings (SSSR count). The van der Waals surface area contributed by atoms with E-state index in [0.717, 1.165) is 18.3 Å². The topological polar surface area (TPSA) is 63.2 Å². The number of benzene rings is 1. The first-order valence-corrected chi connectivity index (χ1v) is 12.5. The summed E-state index contributed by atoms with van der Waals surface area (Å²) in [5.74, 6) is 1.70. The Hall–Kier alpha value is -0.880. The number of carbonyl (C=O) groups excluding carboxylic acids is 1. The number of halogens is 1. The van der Waals surface area contributed by atoms with Crippen molar-refractivity contribution in [3.05, 3.63) is 30.3 Å². The Kier molecular flexibility index (Phi) is 5.17. The number of alkyl halides is 1. The lowest BCUT2D eigenvalue weighted by Crippen LogP contribution is -2.54. The van der Waals surface area contributed by atoms with E-state index in [4.69, 9.17) is 0 Å². The molecule has 6 heteroatoms. The molecule has 1 N–H and O–H groups in total. The molecule has 0 saturated heterocycles. The normalized spacial score (nSPS) is 34.6. The van der Waals surface area contributed by atoms with Gasteiger partial charge in [0, 0.05) is 17.3 Å². The molecule has 1 amide bonds. The standard InChI is InChI=1S/C21H28BrNO3S/c22-21-12-16-9-17(13-21)11-20(10-16,15-21)14-19(24)23-7-4-8-27(25,26)18-5-2-1-3-6-18/h1-3,5-6,16-17H,4,7-15H2,(H,23,24). The van der Waals surface area contributed by atoms with E-state index in [0.29, 0.717) is 24.3 Å². The molecule has 27 heavy (non-hydrogen) atoms. The van der Waals surface area contributed by atoms with Crippen LogP contribution in [0, 0.1) is 17.3 Å². The number of carbonyl (C=O) groups is 1. The van der Waals surface area contributed by atoms with Crippen molar-refractivity contribution >= 4 is 31.7 Å². The van der Waals surface area contributed by atoms with Crippen LogP contribution < -0.4 is 5.32 Å². The number of rotatable bonds is 7. The van der Waals surface area contributed by atoms with Crippen molar-refractivity contribution in [2.45, 2.75) is 60.6 Å². The Balaban J connectivity index is 1.26. The molecule has 148 valence electrons. The monoisotopic (exact) mass is 453 g/mol. The zero-order chi connectivity index (χ0) is 19.1. The zero-order valence-electron chi connectivity index (χ0n) is 15.6. The van der Waals surface area contributed by atoms with Crippen molar-refractivity contribution in [2.75, 3.05) is 12.3 Å². The van der Waals surface area contributed by atoms with Crippen molar-refractivity contribution in [2.24, 2.45) is 17.3 Å². The molecule has 4 bridgehead atoms. The van der Waals surface area contributed by atoms with Crippen molar-refractivity contribution in [1.29, 1.82) is 0 Å². The molecule has 4 aliphatic carbocycles. The number of nitrogens with one attached hydrogen (secondary N) is 1. The predicted octanol–water partition coefficient (Wildman–Crippen LogP) is 4.09. The summed E-state index contributed by atoms with van der Waals surface area (Å²) in [5.41, 5.74) is 0.160. The van der Waals surface area contributed by atoms with E-state index in [9.17, 15) is 13.2 Å². The van der Waals surface area contributed by atoms with Crippen LogP contribution in [-0.4, -0.2) is 30.9 Å². The van der Waals surface area contributed by atoms with Crippen molar-refractivity contribution in [3.8, 4) is 0 Å². The van der Waals surface area contributed by atoms with Gasteiger partial charge in [0.05, 0.1) is 10.6 Å². The lowest BCUT2D eigenvalue weighted by molar-refractivity contribution is -0.128. The fourth-order valence-electron chi connectivity index (χ4n) is 6.18. The Morgan fingerprint density at radius 2 is 1.78 bits per heavy atom. The van der Waals surface area contributed by atoms with Gasteiger partial charge in [0.1, 0.15) is 0 Å². The summed E-state index contributed by atoms with van der Waals surface area (Å²) in [6, 6.07) is 8.52. The Morgan fingerprint density at radius 1 is 1.11 bits per heavy atom. The molecule has 1 aromatic rings. The molecule has 4 nitrogen and oxygen atoms in total. The third-order valence-electron chi connectivity index (χ3n) is 6.66. The first-order chi connectivity index (χ1) is 12.8. The molecular weight excluding hydrogens is 426 g/mol. The highest BCUT2D eigenvalue weighted by Crippen LogP contribution is 2.65. The van der Waals surface area contributed by atoms with Gasteiger partial charge >= 0.3 is 0 Å². The van der Waals surface area contributed by atoms with E-state index in [1.807, 2.05) is 0 Å². The largest absolute Gasteiger partial charge is 0.356 e. The summed E-state index contributed by atoms with van der Waals surface area (Å²) in [6.45, 7) is 0.424. The van der Waals surface area contributed by atoms with Gasteiger partial charge in [-0.25, -0.2) is 8.42 Å². The maximum atomic E-state index is 12.6. The molecule has 2 atom stereocenters. The Labute approximate surface area is 170 Å². The van der Waals surface area contributed by atoms with Gasteiger partial charge in [0.15, 0.2) is 9.84 Å². The van der Waals surface area contributed by atoms with Gasteiger partial charge < -0.3 is 5.32 Å². The van der Waals surface area contributed by atoms with Crippen molar-refractivity contribution in [1.82, 2.24) is 5.32 Å². The first-order valence-electron chi connectivity index (χ1n) is 10.0. The van der Waals surface area contributed by atoms with E-state index >= 15 is 0 Å². The molecule has 4 saturated carbocycles. The third kappa shape index (κ3) is 4.26. The molecular formula is C21H28BrNO3S. The minimum absolute atomic E-state index is 0.0666. The van der Waals surface area contributed by atoms with Gasteiger partial charge in [-0.2, -0.15) is 0 Å². The molecule has 4 aliphatic rings. The fourth-order valence-corrected chi connectivity index (χ4v) is 9.02. The van der Waals surface area contributed by atoms with Crippen LogP contribution in [0.15, 0.2) is 35.2 Å². The molecule has 0 spiro atoms. The second-order valence-electron chi connectivity index (χ2n) is 9.12. The van der Waals surface area contributed by atoms with Crippen LogP contribution in [0.4, 0.5) is 0 Å². The van der Waals surface area contributed by atoms with Crippen LogP contribution in [0.5, 0.6) is 0 Å². The minimum Gasteiger partial charge on any atom is -0.356 e. The average Bonchev–Trinajstić information content (AvgIpc) is 2.57. The fraction of sp³-hybridized carbons (Fsp3) is 0.667. The highest BCUT2D eigenvalue weighted by molar-refractivity contribution is 9.10. The van der Waals surface area contributed by atoms with Crippen LogP contribution in [0.25, 0.3) is 0 Å². The molecule has 0 radical (unpaired) electrons. The van der Waals surface area contributed by atoms with Crippen LogP contribution in [-0.2, 0) is 14.6 Å². The summed E-state index contributed by atoms with van der Waals surface area (Å²) in [6.07, 6.45) is 8.41. The summed E-state index contributed by atoms with van der Waals surface area (Å²) < 4.78 is 24.9. The first kappa shape index (κ1) is 19.4. The average molecular weight is 454 g/mol. The summed E-state index contributed by atoms with van der Waals surface area (Å²) in [7, 11) is -3.27. The van der Waals surface area contributed by atoms with Crippen LogP contribution in [0.1, 0.15) is 51.4 Å². The van der Waals surface area contributed by atoms with Crippen LogP contribution >= 0.6 is 15.9 Å². The van der Waals surface area contributed by atoms with Gasteiger partial charge in [-0.15, -0.1) is 0 Å². The highest BCUT2D eigenvalue weighted by Gasteiger charge is 2.57. The second-order valence-corrected chi connectivity index (χ2v) is 12.9.